The molecule has 2 nitrogen and oxygen atoms in total. The fraction of sp³-hybridized carbons (Fsp3) is 0.625. The van der Waals surface area contributed by atoms with E-state index in [1.807, 2.05) is 0 Å². The normalized spacial score (nSPS) is 17.9. The molecule has 0 amide bonds. The summed E-state index contributed by atoms with van der Waals surface area (Å²) in [6.07, 6.45) is 2.60. The van der Waals surface area contributed by atoms with Crippen LogP contribution in [-0.2, 0) is 0 Å². The first-order chi connectivity index (χ1) is 8.74. The van der Waals surface area contributed by atoms with E-state index in [2.05, 4.69) is 54.8 Å². The van der Waals surface area contributed by atoms with Crippen molar-refractivity contribution in [1.29, 1.82) is 0 Å². The minimum absolute atomic E-state index is 0.723. The van der Waals surface area contributed by atoms with Crippen molar-refractivity contribution in [3.8, 4) is 0 Å². The number of likely N-dealkylation sites (tertiary alicyclic amines) is 1. The average Bonchev–Trinajstić information content (AvgIpc) is 2.42. The first kappa shape index (κ1) is 13.4. The van der Waals surface area contributed by atoms with E-state index < -0.39 is 0 Å². The Bertz CT molecular complexity index is 350. The van der Waals surface area contributed by atoms with Crippen LogP contribution in [0.2, 0.25) is 0 Å². The number of anilines is 1. The lowest BCUT2D eigenvalue weighted by Gasteiger charge is -2.39. The van der Waals surface area contributed by atoms with Crippen molar-refractivity contribution in [2.75, 3.05) is 31.1 Å². The standard InChI is InChI=1S/C16H26N2/c1-4-17-12-10-16(11-13-17)18(5-2)15-8-6-14(3)7-9-15/h6-9,16H,4-5,10-13H2,1-3H3. The molecule has 0 unspecified atom stereocenters. The van der Waals surface area contributed by atoms with Crippen LogP contribution in [0.25, 0.3) is 0 Å². The zero-order chi connectivity index (χ0) is 13.0. The van der Waals surface area contributed by atoms with Gasteiger partial charge in [0.1, 0.15) is 0 Å². The summed E-state index contributed by atoms with van der Waals surface area (Å²) in [5, 5.41) is 0. The van der Waals surface area contributed by atoms with Crippen molar-refractivity contribution < 1.29 is 0 Å². The molecule has 2 heteroatoms. The van der Waals surface area contributed by atoms with Crippen molar-refractivity contribution in [2.24, 2.45) is 0 Å². The lowest BCUT2D eigenvalue weighted by atomic mass is 10.0. The van der Waals surface area contributed by atoms with E-state index in [0.29, 0.717) is 0 Å². The number of piperidine rings is 1. The summed E-state index contributed by atoms with van der Waals surface area (Å²) >= 11 is 0. The third-order valence-corrected chi connectivity index (χ3v) is 4.15. The Balaban J connectivity index is 2.03. The van der Waals surface area contributed by atoms with Crippen LogP contribution in [0.5, 0.6) is 0 Å². The van der Waals surface area contributed by atoms with E-state index in [9.17, 15) is 0 Å². The van der Waals surface area contributed by atoms with Crippen LogP contribution in [0.15, 0.2) is 24.3 Å². The first-order valence-electron chi connectivity index (χ1n) is 7.30. The molecule has 0 N–H and O–H groups in total. The van der Waals surface area contributed by atoms with Crippen molar-refractivity contribution in [2.45, 2.75) is 39.7 Å². The minimum atomic E-state index is 0.723. The molecule has 2 rings (SSSR count). The molecule has 0 radical (unpaired) electrons. The Labute approximate surface area is 112 Å². The lowest BCUT2D eigenvalue weighted by molar-refractivity contribution is 0.219. The summed E-state index contributed by atoms with van der Waals surface area (Å²) in [5.74, 6) is 0. The summed E-state index contributed by atoms with van der Waals surface area (Å²) in [5.41, 5.74) is 2.73. The van der Waals surface area contributed by atoms with Gasteiger partial charge >= 0.3 is 0 Å². The third kappa shape index (κ3) is 3.05. The minimum Gasteiger partial charge on any atom is -0.369 e. The van der Waals surface area contributed by atoms with Crippen molar-refractivity contribution in [3.05, 3.63) is 29.8 Å². The molecule has 1 saturated heterocycles. The number of nitrogens with zero attached hydrogens (tertiary/aromatic N) is 2. The SMILES string of the molecule is CCN1CCC(N(CC)c2ccc(C)cc2)CC1. The molecule has 0 spiro atoms. The van der Waals surface area contributed by atoms with Gasteiger partial charge in [-0.2, -0.15) is 0 Å². The largest absolute Gasteiger partial charge is 0.369 e. The molecule has 100 valence electrons. The van der Waals surface area contributed by atoms with E-state index >= 15 is 0 Å². The number of hydrogen-bond acceptors (Lipinski definition) is 2. The van der Waals surface area contributed by atoms with E-state index in [1.54, 1.807) is 0 Å². The average molecular weight is 246 g/mol. The lowest BCUT2D eigenvalue weighted by Crippen LogP contribution is -2.44. The number of hydrogen-bond donors (Lipinski definition) is 0. The second kappa shape index (κ2) is 6.24. The molecule has 0 bridgehead atoms. The van der Waals surface area contributed by atoms with Crippen molar-refractivity contribution >= 4 is 5.69 Å². The molecule has 1 aliphatic heterocycles. The van der Waals surface area contributed by atoms with Gasteiger partial charge in [-0.3, -0.25) is 0 Å². The van der Waals surface area contributed by atoms with E-state index in [4.69, 9.17) is 0 Å². The zero-order valence-electron chi connectivity index (χ0n) is 12.0. The number of benzene rings is 1. The van der Waals surface area contributed by atoms with Gasteiger partial charge in [0.05, 0.1) is 0 Å². The second-order valence-corrected chi connectivity index (χ2v) is 5.29. The zero-order valence-corrected chi connectivity index (χ0v) is 12.0. The van der Waals surface area contributed by atoms with Gasteiger partial charge in [0.15, 0.2) is 0 Å². The molecule has 0 aliphatic carbocycles. The van der Waals surface area contributed by atoms with Gasteiger partial charge in [0, 0.05) is 31.4 Å². The van der Waals surface area contributed by atoms with Gasteiger partial charge < -0.3 is 9.80 Å². The molecule has 1 aliphatic rings. The Hall–Kier alpha value is -1.02. The molecule has 1 fully saturated rings. The van der Waals surface area contributed by atoms with E-state index in [1.165, 1.54) is 43.7 Å². The molecular weight excluding hydrogens is 220 g/mol. The number of aryl methyl sites for hydroxylation is 1. The maximum atomic E-state index is 2.58. The second-order valence-electron chi connectivity index (χ2n) is 5.29. The molecular formula is C16H26N2. The van der Waals surface area contributed by atoms with Gasteiger partial charge in [-0.05, 0) is 45.4 Å². The van der Waals surface area contributed by atoms with Gasteiger partial charge in [-0.1, -0.05) is 24.6 Å². The summed E-state index contributed by atoms with van der Waals surface area (Å²) < 4.78 is 0. The predicted molar refractivity (Wildman–Crippen MR) is 79.3 cm³/mol. The Morgan fingerprint density at radius 1 is 1.11 bits per heavy atom. The van der Waals surface area contributed by atoms with Crippen LogP contribution in [0.1, 0.15) is 32.3 Å². The molecule has 0 atom stereocenters. The van der Waals surface area contributed by atoms with Gasteiger partial charge in [0.25, 0.3) is 0 Å². The van der Waals surface area contributed by atoms with Crippen LogP contribution in [0.3, 0.4) is 0 Å². The maximum absolute atomic E-state index is 2.58. The van der Waals surface area contributed by atoms with Crippen LogP contribution < -0.4 is 4.90 Å². The quantitative estimate of drug-likeness (QED) is 0.804. The van der Waals surface area contributed by atoms with Crippen molar-refractivity contribution in [1.82, 2.24) is 4.90 Å². The van der Waals surface area contributed by atoms with Crippen LogP contribution >= 0.6 is 0 Å². The molecule has 18 heavy (non-hydrogen) atoms. The Morgan fingerprint density at radius 2 is 1.72 bits per heavy atom. The fourth-order valence-electron chi connectivity index (χ4n) is 2.94. The smallest absolute Gasteiger partial charge is 0.0368 e. The highest BCUT2D eigenvalue weighted by Crippen LogP contribution is 2.23. The van der Waals surface area contributed by atoms with Crippen molar-refractivity contribution in [3.63, 3.8) is 0 Å². The maximum Gasteiger partial charge on any atom is 0.0368 e. The summed E-state index contributed by atoms with van der Waals surface area (Å²) in [6, 6.07) is 9.70. The topological polar surface area (TPSA) is 6.48 Å². The monoisotopic (exact) mass is 246 g/mol. The Kier molecular flexibility index (Phi) is 4.65. The number of rotatable bonds is 4. The molecule has 0 aromatic heterocycles. The van der Waals surface area contributed by atoms with Gasteiger partial charge in [0.2, 0.25) is 0 Å². The van der Waals surface area contributed by atoms with Crippen LogP contribution in [-0.4, -0.2) is 37.1 Å². The molecule has 0 saturated carbocycles. The van der Waals surface area contributed by atoms with Crippen LogP contribution in [0, 0.1) is 6.92 Å². The first-order valence-corrected chi connectivity index (χ1v) is 7.30. The van der Waals surface area contributed by atoms with Gasteiger partial charge in [-0.15, -0.1) is 0 Å². The highest BCUT2D eigenvalue weighted by molar-refractivity contribution is 5.48. The summed E-state index contributed by atoms with van der Waals surface area (Å²) in [7, 11) is 0. The van der Waals surface area contributed by atoms with E-state index in [0.717, 1.165) is 12.6 Å². The highest BCUT2D eigenvalue weighted by Gasteiger charge is 2.23. The van der Waals surface area contributed by atoms with Gasteiger partial charge in [-0.25, -0.2) is 0 Å². The Morgan fingerprint density at radius 3 is 2.22 bits per heavy atom. The van der Waals surface area contributed by atoms with E-state index in [-0.39, 0.29) is 0 Å². The highest BCUT2D eigenvalue weighted by atomic mass is 15.2. The molecule has 1 aromatic carbocycles. The fourth-order valence-corrected chi connectivity index (χ4v) is 2.94. The third-order valence-electron chi connectivity index (χ3n) is 4.15. The predicted octanol–water partition coefficient (Wildman–Crippen LogP) is 3.31. The summed E-state index contributed by atoms with van der Waals surface area (Å²) in [4.78, 5) is 5.13. The molecule has 1 aromatic rings. The molecule has 1 heterocycles. The summed E-state index contributed by atoms with van der Waals surface area (Å²) in [6.45, 7) is 11.5. The van der Waals surface area contributed by atoms with Crippen LogP contribution in [0.4, 0.5) is 5.69 Å².